The Morgan fingerprint density at radius 1 is 1.52 bits per heavy atom. The van der Waals surface area contributed by atoms with Crippen LogP contribution in [0.25, 0.3) is 0 Å². The van der Waals surface area contributed by atoms with Gasteiger partial charge in [-0.15, -0.1) is 0 Å². The number of allylic oxidation sites excluding steroid dienone is 3. The Morgan fingerprint density at radius 2 is 2.30 bits per heavy atom. The quantitative estimate of drug-likeness (QED) is 0.924. The molecular weight excluding hydrogens is 292 g/mol. The van der Waals surface area contributed by atoms with E-state index in [-0.39, 0.29) is 11.7 Å². The van der Waals surface area contributed by atoms with E-state index in [0.717, 1.165) is 18.5 Å². The number of nitriles is 1. The van der Waals surface area contributed by atoms with Gasteiger partial charge >= 0.3 is 0 Å². The van der Waals surface area contributed by atoms with E-state index >= 15 is 0 Å². The van der Waals surface area contributed by atoms with Gasteiger partial charge in [-0.3, -0.25) is 9.48 Å². The maximum Gasteiger partial charge on any atom is 0.205 e. The molecule has 2 aliphatic rings. The number of ether oxygens (including phenoxy) is 1. The zero-order valence-corrected chi connectivity index (χ0v) is 13.4. The van der Waals surface area contributed by atoms with Crippen LogP contribution in [0.4, 0.5) is 0 Å². The van der Waals surface area contributed by atoms with Crippen molar-refractivity contribution in [1.82, 2.24) is 9.78 Å². The number of nitrogens with zero attached hydrogens (tertiary/aromatic N) is 3. The van der Waals surface area contributed by atoms with Gasteiger partial charge in [-0.2, -0.15) is 10.4 Å². The van der Waals surface area contributed by atoms with Crippen molar-refractivity contribution in [3.8, 4) is 6.07 Å². The molecule has 0 radical (unpaired) electrons. The van der Waals surface area contributed by atoms with Crippen LogP contribution in [0.1, 0.15) is 44.6 Å². The van der Waals surface area contributed by atoms with Crippen molar-refractivity contribution in [2.45, 2.75) is 45.6 Å². The van der Waals surface area contributed by atoms with Gasteiger partial charge in [-0.1, -0.05) is 13.8 Å². The van der Waals surface area contributed by atoms with Crippen LogP contribution in [0.2, 0.25) is 0 Å². The smallest absolute Gasteiger partial charge is 0.205 e. The molecule has 1 aliphatic heterocycles. The summed E-state index contributed by atoms with van der Waals surface area (Å²) in [6, 6.07) is 2.11. The third kappa shape index (κ3) is 2.74. The number of ketones is 1. The van der Waals surface area contributed by atoms with Gasteiger partial charge in [0, 0.05) is 36.7 Å². The molecule has 6 heteroatoms. The lowest BCUT2D eigenvalue weighted by atomic mass is 9.78. The van der Waals surface area contributed by atoms with E-state index in [2.05, 4.69) is 25.0 Å². The van der Waals surface area contributed by atoms with Gasteiger partial charge in [0.1, 0.15) is 17.4 Å². The first-order chi connectivity index (χ1) is 11.0. The van der Waals surface area contributed by atoms with Crippen molar-refractivity contribution < 1.29 is 9.53 Å². The second kappa shape index (κ2) is 5.92. The molecule has 0 spiro atoms. The van der Waals surface area contributed by atoms with Gasteiger partial charge in [-0.05, 0) is 12.3 Å². The summed E-state index contributed by atoms with van der Waals surface area (Å²) < 4.78 is 7.40. The summed E-state index contributed by atoms with van der Waals surface area (Å²) in [6.45, 7) is 5.00. The highest BCUT2D eigenvalue weighted by Gasteiger charge is 2.38. The second-order valence-corrected chi connectivity index (χ2v) is 6.43. The van der Waals surface area contributed by atoms with Crippen LogP contribution in [0, 0.1) is 17.2 Å². The molecule has 1 aliphatic carbocycles. The zero-order valence-electron chi connectivity index (χ0n) is 13.4. The summed E-state index contributed by atoms with van der Waals surface area (Å²) >= 11 is 0. The predicted octanol–water partition coefficient (Wildman–Crippen LogP) is 2.35. The fourth-order valence-electron chi connectivity index (χ4n) is 3.19. The van der Waals surface area contributed by atoms with E-state index in [1.807, 2.05) is 10.9 Å². The number of hydrogen-bond acceptors (Lipinski definition) is 5. The van der Waals surface area contributed by atoms with Crippen LogP contribution in [0.3, 0.4) is 0 Å². The van der Waals surface area contributed by atoms with Gasteiger partial charge in [0.2, 0.25) is 5.88 Å². The highest BCUT2D eigenvalue weighted by atomic mass is 16.5. The summed E-state index contributed by atoms with van der Waals surface area (Å²) in [4.78, 5) is 12.4. The lowest BCUT2D eigenvalue weighted by molar-refractivity contribution is -0.116. The SMILES string of the molecule is CC(C)Cn1cc(C2C(C#N)=C(N)OC3=C2C(=O)CCC3)cn1. The number of carbonyl (C=O) groups is 1. The van der Waals surface area contributed by atoms with Crippen LogP contribution in [-0.4, -0.2) is 15.6 Å². The summed E-state index contributed by atoms with van der Waals surface area (Å²) in [6.07, 6.45) is 5.53. The van der Waals surface area contributed by atoms with E-state index in [9.17, 15) is 10.1 Å². The zero-order chi connectivity index (χ0) is 16.6. The second-order valence-electron chi connectivity index (χ2n) is 6.43. The molecule has 23 heavy (non-hydrogen) atoms. The molecular formula is C17H20N4O2. The Balaban J connectivity index is 2.06. The Morgan fingerprint density at radius 3 is 3.00 bits per heavy atom. The Kier molecular flexibility index (Phi) is 3.95. The van der Waals surface area contributed by atoms with Gasteiger partial charge in [0.05, 0.1) is 12.1 Å². The summed E-state index contributed by atoms with van der Waals surface area (Å²) in [5, 5.41) is 13.9. The first-order valence-corrected chi connectivity index (χ1v) is 7.87. The standard InChI is InChI=1S/C17H20N4O2/c1-10(2)8-21-9-11(7-20-21)15-12(6-18)17(19)23-14-5-3-4-13(22)16(14)15/h7,9-10,15H,3-5,8,19H2,1-2H3. The molecule has 0 saturated heterocycles. The molecule has 0 bridgehead atoms. The lowest BCUT2D eigenvalue weighted by Gasteiger charge is -2.30. The number of Topliss-reactive ketones (excluding diaryl/α,β-unsaturated/α-hetero) is 1. The molecule has 0 amide bonds. The first-order valence-electron chi connectivity index (χ1n) is 7.87. The van der Waals surface area contributed by atoms with E-state index in [0.29, 0.717) is 35.7 Å². The average Bonchev–Trinajstić information content (AvgIpc) is 2.93. The molecule has 2 N–H and O–H groups in total. The largest absolute Gasteiger partial charge is 0.444 e. The Labute approximate surface area is 135 Å². The van der Waals surface area contributed by atoms with E-state index in [1.54, 1.807) is 6.20 Å². The highest BCUT2D eigenvalue weighted by Crippen LogP contribution is 2.43. The molecule has 3 rings (SSSR count). The Hall–Kier alpha value is -2.55. The van der Waals surface area contributed by atoms with Crippen LogP contribution in [0.5, 0.6) is 0 Å². The third-order valence-electron chi connectivity index (χ3n) is 4.14. The van der Waals surface area contributed by atoms with Crippen molar-refractivity contribution in [3.63, 3.8) is 0 Å². The minimum atomic E-state index is -0.461. The molecule has 0 fully saturated rings. The highest BCUT2D eigenvalue weighted by molar-refractivity contribution is 5.99. The van der Waals surface area contributed by atoms with Gasteiger partial charge in [0.15, 0.2) is 5.78 Å². The number of nitrogens with two attached hydrogens (primary N) is 1. The minimum absolute atomic E-state index is 0.0353. The normalized spacial score (nSPS) is 21.3. The van der Waals surface area contributed by atoms with Crippen LogP contribution in [-0.2, 0) is 16.1 Å². The summed E-state index contributed by atoms with van der Waals surface area (Å²) in [5.41, 5.74) is 7.60. The van der Waals surface area contributed by atoms with E-state index in [4.69, 9.17) is 10.5 Å². The van der Waals surface area contributed by atoms with Crippen LogP contribution < -0.4 is 5.73 Å². The van der Waals surface area contributed by atoms with Gasteiger partial charge in [-0.25, -0.2) is 0 Å². The van der Waals surface area contributed by atoms with E-state index in [1.165, 1.54) is 0 Å². The lowest BCUT2D eigenvalue weighted by Crippen LogP contribution is -2.27. The number of aromatic nitrogens is 2. The maximum absolute atomic E-state index is 12.4. The summed E-state index contributed by atoms with van der Waals surface area (Å²) in [7, 11) is 0. The van der Waals surface area contributed by atoms with Gasteiger partial charge < -0.3 is 10.5 Å². The molecule has 6 nitrogen and oxygen atoms in total. The molecule has 2 heterocycles. The number of rotatable bonds is 3. The van der Waals surface area contributed by atoms with Crippen molar-refractivity contribution in [3.05, 3.63) is 40.7 Å². The van der Waals surface area contributed by atoms with Crippen LogP contribution in [0.15, 0.2) is 35.2 Å². The average molecular weight is 312 g/mol. The monoisotopic (exact) mass is 312 g/mol. The molecule has 1 aromatic heterocycles. The summed E-state index contributed by atoms with van der Waals surface area (Å²) in [5.74, 6) is 0.743. The number of carbonyl (C=O) groups excluding carboxylic acids is 1. The fourth-order valence-corrected chi connectivity index (χ4v) is 3.19. The molecule has 1 unspecified atom stereocenters. The Bertz CT molecular complexity index is 749. The van der Waals surface area contributed by atoms with Crippen LogP contribution >= 0.6 is 0 Å². The maximum atomic E-state index is 12.4. The minimum Gasteiger partial charge on any atom is -0.444 e. The van der Waals surface area contributed by atoms with Crippen molar-refractivity contribution in [1.29, 1.82) is 5.26 Å². The molecule has 1 aromatic rings. The van der Waals surface area contributed by atoms with Crippen molar-refractivity contribution in [2.24, 2.45) is 11.7 Å². The topological polar surface area (TPSA) is 93.9 Å². The van der Waals surface area contributed by atoms with E-state index < -0.39 is 5.92 Å². The van der Waals surface area contributed by atoms with Crippen molar-refractivity contribution in [2.75, 3.05) is 0 Å². The predicted molar refractivity (Wildman–Crippen MR) is 83.6 cm³/mol. The molecule has 0 aromatic carbocycles. The molecule has 120 valence electrons. The number of hydrogen-bond donors (Lipinski definition) is 1. The van der Waals surface area contributed by atoms with Gasteiger partial charge in [0.25, 0.3) is 0 Å². The van der Waals surface area contributed by atoms with Crippen molar-refractivity contribution >= 4 is 5.78 Å². The third-order valence-corrected chi connectivity index (χ3v) is 4.14. The molecule has 1 atom stereocenters. The first kappa shape index (κ1) is 15.3. The fraction of sp³-hybridized carbons (Fsp3) is 0.471. The molecule has 0 saturated carbocycles.